The Balaban J connectivity index is 1.86. The Labute approximate surface area is 165 Å². The molecule has 4 rings (SSSR count). The number of fused-ring (bicyclic) bond motifs is 1. The van der Waals surface area contributed by atoms with Gasteiger partial charge in [0, 0.05) is 11.2 Å². The van der Waals surface area contributed by atoms with Gasteiger partial charge in [-0.15, -0.1) is 10.2 Å². The maximum absolute atomic E-state index is 13.6. The molecule has 6 nitrogen and oxygen atoms in total. The number of halogens is 2. The van der Waals surface area contributed by atoms with E-state index in [0.717, 1.165) is 0 Å². The SMILES string of the molecule is O=S(=O)(c1cccn2cnnc12)N(Cc1ccc(F)cc1)c1cccc(Cl)c1. The summed E-state index contributed by atoms with van der Waals surface area (Å²) in [5.74, 6) is -0.394. The van der Waals surface area contributed by atoms with E-state index in [1.165, 1.54) is 33.2 Å². The number of hydrogen-bond acceptors (Lipinski definition) is 4. The van der Waals surface area contributed by atoms with Gasteiger partial charge in [0.05, 0.1) is 12.2 Å². The first kappa shape index (κ1) is 18.4. The maximum atomic E-state index is 13.6. The maximum Gasteiger partial charge on any atom is 0.268 e. The van der Waals surface area contributed by atoms with Crippen LogP contribution in [0.15, 0.2) is 78.1 Å². The van der Waals surface area contributed by atoms with E-state index in [2.05, 4.69) is 10.2 Å². The molecule has 2 aromatic carbocycles. The highest BCUT2D eigenvalue weighted by Crippen LogP contribution is 2.29. The molecular formula is C19H14ClFN4O2S. The Hall–Kier alpha value is -2.97. The summed E-state index contributed by atoms with van der Waals surface area (Å²) in [6.07, 6.45) is 3.09. The number of nitrogens with zero attached hydrogens (tertiary/aromatic N) is 4. The molecule has 0 unspecified atom stereocenters. The van der Waals surface area contributed by atoms with Gasteiger partial charge in [-0.1, -0.05) is 29.8 Å². The standard InChI is InChI=1S/C19H14ClFN4O2S/c20-15-3-1-4-17(11-15)25(12-14-6-8-16(21)9-7-14)28(26,27)18-5-2-10-24-13-22-23-19(18)24/h1-11,13H,12H2. The number of rotatable bonds is 5. The quantitative estimate of drug-likeness (QED) is 0.494. The average Bonchev–Trinajstić information content (AvgIpc) is 3.16. The molecule has 0 aliphatic rings. The van der Waals surface area contributed by atoms with E-state index < -0.39 is 15.8 Å². The van der Waals surface area contributed by atoms with Crippen LogP contribution >= 0.6 is 11.6 Å². The summed E-state index contributed by atoms with van der Waals surface area (Å²) < 4.78 is 43.1. The van der Waals surface area contributed by atoms with Gasteiger partial charge in [0.25, 0.3) is 10.0 Å². The van der Waals surface area contributed by atoms with Gasteiger partial charge in [-0.3, -0.25) is 8.71 Å². The zero-order valence-electron chi connectivity index (χ0n) is 14.4. The third kappa shape index (κ3) is 3.44. The zero-order valence-corrected chi connectivity index (χ0v) is 16.0. The lowest BCUT2D eigenvalue weighted by atomic mass is 10.2. The molecular weight excluding hydrogens is 403 g/mol. The molecule has 142 valence electrons. The summed E-state index contributed by atoms with van der Waals surface area (Å²) >= 11 is 6.09. The number of benzene rings is 2. The summed E-state index contributed by atoms with van der Waals surface area (Å²) in [7, 11) is -4.02. The highest BCUT2D eigenvalue weighted by atomic mass is 35.5. The number of aromatic nitrogens is 3. The van der Waals surface area contributed by atoms with Crippen molar-refractivity contribution in [1.29, 1.82) is 0 Å². The van der Waals surface area contributed by atoms with E-state index in [1.807, 2.05) is 0 Å². The molecule has 2 heterocycles. The van der Waals surface area contributed by atoms with Gasteiger partial charge in [0.15, 0.2) is 5.65 Å². The predicted octanol–water partition coefficient (Wildman–Crippen LogP) is 3.92. The smallest absolute Gasteiger partial charge is 0.268 e. The number of hydrogen-bond donors (Lipinski definition) is 0. The molecule has 0 spiro atoms. The normalized spacial score (nSPS) is 11.6. The second-order valence-electron chi connectivity index (χ2n) is 6.05. The lowest BCUT2D eigenvalue weighted by molar-refractivity contribution is 0.590. The highest BCUT2D eigenvalue weighted by molar-refractivity contribution is 7.93. The molecule has 0 aliphatic carbocycles. The van der Waals surface area contributed by atoms with Gasteiger partial charge in [0.2, 0.25) is 0 Å². The van der Waals surface area contributed by atoms with Crippen LogP contribution in [0.2, 0.25) is 5.02 Å². The molecule has 0 amide bonds. The van der Waals surface area contributed by atoms with Crippen LogP contribution in [0.5, 0.6) is 0 Å². The summed E-state index contributed by atoms with van der Waals surface area (Å²) in [6, 6.07) is 15.3. The van der Waals surface area contributed by atoms with E-state index in [-0.39, 0.29) is 17.1 Å². The molecule has 28 heavy (non-hydrogen) atoms. The van der Waals surface area contributed by atoms with Crippen molar-refractivity contribution < 1.29 is 12.8 Å². The van der Waals surface area contributed by atoms with Gasteiger partial charge in [-0.05, 0) is 48.0 Å². The van der Waals surface area contributed by atoms with Gasteiger partial charge in [-0.25, -0.2) is 12.8 Å². The monoisotopic (exact) mass is 416 g/mol. The van der Waals surface area contributed by atoms with Gasteiger partial charge in [0.1, 0.15) is 17.0 Å². The van der Waals surface area contributed by atoms with Crippen molar-refractivity contribution in [3.63, 3.8) is 0 Å². The summed E-state index contributed by atoms with van der Waals surface area (Å²) in [5, 5.41) is 8.11. The molecule has 0 bridgehead atoms. The van der Waals surface area contributed by atoms with Crippen molar-refractivity contribution in [1.82, 2.24) is 14.6 Å². The second-order valence-corrected chi connectivity index (χ2v) is 8.32. The lowest BCUT2D eigenvalue weighted by Crippen LogP contribution is -2.31. The third-order valence-corrected chi connectivity index (χ3v) is 6.22. The van der Waals surface area contributed by atoms with Crippen molar-refractivity contribution in [2.75, 3.05) is 4.31 Å². The first-order valence-electron chi connectivity index (χ1n) is 8.26. The minimum Gasteiger partial charge on any atom is -0.288 e. The Morgan fingerprint density at radius 3 is 2.61 bits per heavy atom. The molecule has 9 heteroatoms. The van der Waals surface area contributed by atoms with Crippen LogP contribution in [0.25, 0.3) is 5.65 Å². The van der Waals surface area contributed by atoms with Gasteiger partial charge < -0.3 is 0 Å². The Morgan fingerprint density at radius 2 is 1.86 bits per heavy atom. The molecule has 0 saturated heterocycles. The summed E-state index contributed by atoms with van der Waals surface area (Å²) in [4.78, 5) is 0.00888. The van der Waals surface area contributed by atoms with Crippen LogP contribution in [0.3, 0.4) is 0 Å². The summed E-state index contributed by atoms with van der Waals surface area (Å²) in [5.41, 5.74) is 1.23. The zero-order chi connectivity index (χ0) is 19.7. The molecule has 0 saturated carbocycles. The van der Waals surface area contributed by atoms with Gasteiger partial charge >= 0.3 is 0 Å². The van der Waals surface area contributed by atoms with Crippen molar-refractivity contribution in [3.05, 3.63) is 89.6 Å². The Morgan fingerprint density at radius 1 is 1.07 bits per heavy atom. The molecule has 0 aliphatic heterocycles. The fourth-order valence-corrected chi connectivity index (χ4v) is 4.61. The van der Waals surface area contributed by atoms with E-state index in [1.54, 1.807) is 48.7 Å². The first-order chi connectivity index (χ1) is 13.4. The van der Waals surface area contributed by atoms with Crippen LogP contribution in [0.4, 0.5) is 10.1 Å². The average molecular weight is 417 g/mol. The van der Waals surface area contributed by atoms with Crippen molar-refractivity contribution in [2.24, 2.45) is 0 Å². The van der Waals surface area contributed by atoms with Crippen molar-refractivity contribution >= 4 is 33.0 Å². The Kier molecular flexibility index (Phi) is 4.74. The van der Waals surface area contributed by atoms with E-state index in [9.17, 15) is 12.8 Å². The van der Waals surface area contributed by atoms with E-state index >= 15 is 0 Å². The molecule has 4 aromatic rings. The molecule has 0 atom stereocenters. The third-order valence-electron chi connectivity index (χ3n) is 4.19. The second kappa shape index (κ2) is 7.21. The van der Waals surface area contributed by atoms with Crippen LogP contribution in [0, 0.1) is 5.82 Å². The molecule has 0 N–H and O–H groups in total. The fraction of sp³-hybridized carbons (Fsp3) is 0.0526. The lowest BCUT2D eigenvalue weighted by Gasteiger charge is -2.25. The number of sulfonamides is 1. The van der Waals surface area contributed by atoms with Crippen LogP contribution < -0.4 is 4.31 Å². The molecule has 0 fully saturated rings. The summed E-state index contributed by atoms with van der Waals surface area (Å²) in [6.45, 7) is -0.00184. The highest BCUT2D eigenvalue weighted by Gasteiger charge is 2.28. The molecule has 0 radical (unpaired) electrons. The van der Waals surface area contributed by atoms with E-state index in [4.69, 9.17) is 11.6 Å². The largest absolute Gasteiger partial charge is 0.288 e. The van der Waals surface area contributed by atoms with Crippen LogP contribution in [-0.4, -0.2) is 23.0 Å². The number of anilines is 1. The fourth-order valence-electron chi connectivity index (χ4n) is 2.85. The van der Waals surface area contributed by atoms with Crippen LogP contribution in [-0.2, 0) is 16.6 Å². The minimum atomic E-state index is -4.02. The minimum absolute atomic E-state index is 0.00184. The first-order valence-corrected chi connectivity index (χ1v) is 10.1. The molecule has 2 aromatic heterocycles. The Bertz CT molecular complexity index is 1240. The topological polar surface area (TPSA) is 67.6 Å². The van der Waals surface area contributed by atoms with E-state index in [0.29, 0.717) is 16.3 Å². The number of pyridine rings is 1. The van der Waals surface area contributed by atoms with Crippen LogP contribution in [0.1, 0.15) is 5.56 Å². The van der Waals surface area contributed by atoms with Crippen molar-refractivity contribution in [2.45, 2.75) is 11.4 Å². The predicted molar refractivity (Wildman–Crippen MR) is 104 cm³/mol. The van der Waals surface area contributed by atoms with Gasteiger partial charge in [-0.2, -0.15) is 0 Å². The van der Waals surface area contributed by atoms with Crippen molar-refractivity contribution in [3.8, 4) is 0 Å².